The number of ketones is 1. The first-order valence-electron chi connectivity index (χ1n) is 9.56. The Balaban J connectivity index is 1.68. The average Bonchev–Trinajstić information content (AvgIpc) is 2.71. The fourth-order valence-corrected chi connectivity index (χ4v) is 7.09. The number of fused-ring (bicyclic) bond motifs is 2. The number of Topliss-reactive ketones (excluding diaryl/α,β-unsaturated/α-hetero) is 1. The van der Waals surface area contributed by atoms with Crippen LogP contribution in [0.15, 0.2) is 85.1 Å². The standard InChI is InChI=1S/C24H22O3S3/c1-15-5-9-18(10-6-15)30(26,27)24(3,4)23(25)17-8-12-20-22(14-17)29-19-11-7-16(2)13-21(19)28-20/h5-14H,1-4H3. The van der Waals surface area contributed by atoms with Gasteiger partial charge in [-0.2, -0.15) is 0 Å². The van der Waals surface area contributed by atoms with E-state index in [0.717, 1.165) is 20.2 Å². The zero-order chi connectivity index (χ0) is 21.7. The molecule has 0 radical (unpaired) electrons. The molecule has 0 aliphatic carbocycles. The number of benzene rings is 3. The monoisotopic (exact) mass is 454 g/mol. The topological polar surface area (TPSA) is 51.2 Å². The number of hydrogen-bond acceptors (Lipinski definition) is 5. The second-order valence-electron chi connectivity index (χ2n) is 7.97. The summed E-state index contributed by atoms with van der Waals surface area (Å²) in [6, 6.07) is 18.4. The zero-order valence-electron chi connectivity index (χ0n) is 17.2. The van der Waals surface area contributed by atoms with Gasteiger partial charge in [-0.3, -0.25) is 4.79 Å². The van der Waals surface area contributed by atoms with Crippen LogP contribution in [0.2, 0.25) is 0 Å². The highest BCUT2D eigenvalue weighted by Crippen LogP contribution is 2.49. The molecule has 0 saturated carbocycles. The fourth-order valence-electron chi connectivity index (χ4n) is 3.31. The van der Waals surface area contributed by atoms with Gasteiger partial charge in [-0.05, 0) is 69.7 Å². The van der Waals surface area contributed by atoms with E-state index in [1.165, 1.54) is 24.3 Å². The number of aryl methyl sites for hydroxylation is 2. The molecule has 6 heteroatoms. The van der Waals surface area contributed by atoms with Crippen LogP contribution >= 0.6 is 23.5 Å². The first kappa shape index (κ1) is 21.2. The quantitative estimate of drug-likeness (QED) is 0.336. The number of carbonyl (C=O) groups is 1. The summed E-state index contributed by atoms with van der Waals surface area (Å²) in [7, 11) is -3.84. The fraction of sp³-hybridized carbons (Fsp3) is 0.208. The van der Waals surface area contributed by atoms with Crippen molar-refractivity contribution in [3.63, 3.8) is 0 Å². The summed E-state index contributed by atoms with van der Waals surface area (Å²) in [6.07, 6.45) is 0. The molecule has 0 aromatic heterocycles. The van der Waals surface area contributed by atoms with Gasteiger partial charge in [-0.1, -0.05) is 53.4 Å². The molecule has 0 unspecified atom stereocenters. The summed E-state index contributed by atoms with van der Waals surface area (Å²) >= 11 is 3.29. The first-order chi connectivity index (χ1) is 14.1. The Labute approximate surface area is 186 Å². The molecule has 0 N–H and O–H groups in total. The van der Waals surface area contributed by atoms with Crippen LogP contribution in [0.3, 0.4) is 0 Å². The van der Waals surface area contributed by atoms with Gasteiger partial charge in [-0.25, -0.2) is 8.42 Å². The Morgan fingerprint density at radius 3 is 1.90 bits per heavy atom. The minimum atomic E-state index is -3.84. The largest absolute Gasteiger partial charge is 0.292 e. The minimum Gasteiger partial charge on any atom is -0.292 e. The lowest BCUT2D eigenvalue weighted by atomic mass is 10.0. The van der Waals surface area contributed by atoms with Crippen LogP contribution in [0, 0.1) is 13.8 Å². The summed E-state index contributed by atoms with van der Waals surface area (Å²) < 4.78 is 24.9. The Hall–Kier alpha value is -2.02. The maximum absolute atomic E-state index is 13.3. The van der Waals surface area contributed by atoms with Gasteiger partial charge >= 0.3 is 0 Å². The smallest absolute Gasteiger partial charge is 0.190 e. The lowest BCUT2D eigenvalue weighted by molar-refractivity contribution is 0.0953. The van der Waals surface area contributed by atoms with Crippen LogP contribution in [0.5, 0.6) is 0 Å². The molecule has 0 bridgehead atoms. The van der Waals surface area contributed by atoms with Crippen molar-refractivity contribution in [3.8, 4) is 0 Å². The highest BCUT2D eigenvalue weighted by Gasteiger charge is 2.43. The van der Waals surface area contributed by atoms with E-state index in [1.807, 2.05) is 19.1 Å². The summed E-state index contributed by atoms with van der Waals surface area (Å²) in [4.78, 5) is 17.9. The van der Waals surface area contributed by atoms with Crippen molar-refractivity contribution in [2.24, 2.45) is 0 Å². The molecule has 30 heavy (non-hydrogen) atoms. The van der Waals surface area contributed by atoms with E-state index in [-0.39, 0.29) is 4.90 Å². The molecule has 154 valence electrons. The lowest BCUT2D eigenvalue weighted by Crippen LogP contribution is -2.40. The SMILES string of the molecule is Cc1ccc(S(=O)(=O)C(C)(C)C(=O)c2ccc3c(c2)Sc2ccc(C)cc2S3)cc1. The van der Waals surface area contributed by atoms with E-state index in [4.69, 9.17) is 0 Å². The third kappa shape index (κ3) is 3.61. The highest BCUT2D eigenvalue weighted by atomic mass is 32.2. The Kier molecular flexibility index (Phi) is 5.37. The van der Waals surface area contributed by atoms with Crippen LogP contribution in [-0.2, 0) is 9.84 Å². The predicted molar refractivity (Wildman–Crippen MR) is 123 cm³/mol. The van der Waals surface area contributed by atoms with Gasteiger partial charge in [0.2, 0.25) is 0 Å². The maximum Gasteiger partial charge on any atom is 0.190 e. The van der Waals surface area contributed by atoms with Crippen molar-refractivity contribution < 1.29 is 13.2 Å². The molecule has 0 saturated heterocycles. The Morgan fingerprint density at radius 1 is 0.733 bits per heavy atom. The van der Waals surface area contributed by atoms with Gasteiger partial charge in [0, 0.05) is 25.1 Å². The van der Waals surface area contributed by atoms with E-state index >= 15 is 0 Å². The Bertz CT molecular complexity index is 1260. The minimum absolute atomic E-state index is 0.165. The molecule has 0 amide bonds. The van der Waals surface area contributed by atoms with Crippen molar-refractivity contribution >= 4 is 39.1 Å². The summed E-state index contributed by atoms with van der Waals surface area (Å²) in [5.74, 6) is -0.397. The summed E-state index contributed by atoms with van der Waals surface area (Å²) in [6.45, 7) is 6.95. The van der Waals surface area contributed by atoms with Crippen LogP contribution in [0.4, 0.5) is 0 Å². The second-order valence-corrected chi connectivity index (χ2v) is 12.6. The summed E-state index contributed by atoms with van der Waals surface area (Å²) in [5, 5.41) is 0. The van der Waals surface area contributed by atoms with Crippen LogP contribution < -0.4 is 0 Å². The normalized spacial score (nSPS) is 13.5. The van der Waals surface area contributed by atoms with Crippen molar-refractivity contribution in [1.82, 2.24) is 0 Å². The van der Waals surface area contributed by atoms with E-state index < -0.39 is 20.4 Å². The first-order valence-corrected chi connectivity index (χ1v) is 12.7. The van der Waals surface area contributed by atoms with Gasteiger partial charge in [0.25, 0.3) is 0 Å². The number of hydrogen-bond donors (Lipinski definition) is 0. The molecule has 3 aromatic rings. The van der Waals surface area contributed by atoms with Crippen molar-refractivity contribution in [2.75, 3.05) is 0 Å². The third-order valence-corrected chi connectivity index (χ3v) is 10.2. The average molecular weight is 455 g/mol. The lowest BCUT2D eigenvalue weighted by Gasteiger charge is -2.25. The van der Waals surface area contributed by atoms with Crippen LogP contribution in [0.25, 0.3) is 0 Å². The van der Waals surface area contributed by atoms with Crippen LogP contribution in [0.1, 0.15) is 35.3 Å². The highest BCUT2D eigenvalue weighted by molar-refractivity contribution is 8.05. The number of sulfone groups is 1. The third-order valence-electron chi connectivity index (χ3n) is 5.29. The molecular formula is C24H22O3S3. The molecular weight excluding hydrogens is 432 g/mol. The zero-order valence-corrected chi connectivity index (χ0v) is 19.7. The van der Waals surface area contributed by atoms with Crippen molar-refractivity contribution in [1.29, 1.82) is 0 Å². The van der Waals surface area contributed by atoms with E-state index in [9.17, 15) is 13.2 Å². The van der Waals surface area contributed by atoms with Crippen LogP contribution in [-0.4, -0.2) is 18.9 Å². The van der Waals surface area contributed by atoms with Gasteiger partial charge in [0.1, 0.15) is 4.75 Å². The molecule has 1 aliphatic heterocycles. The molecule has 0 atom stereocenters. The van der Waals surface area contributed by atoms with Crippen molar-refractivity contribution in [3.05, 3.63) is 77.4 Å². The van der Waals surface area contributed by atoms with Gasteiger partial charge in [0.05, 0.1) is 4.90 Å². The molecule has 3 nitrogen and oxygen atoms in total. The van der Waals surface area contributed by atoms with E-state index in [0.29, 0.717) is 5.56 Å². The van der Waals surface area contributed by atoms with Crippen molar-refractivity contribution in [2.45, 2.75) is 56.9 Å². The van der Waals surface area contributed by atoms with E-state index in [1.54, 1.807) is 53.9 Å². The maximum atomic E-state index is 13.3. The molecule has 0 fully saturated rings. The van der Waals surface area contributed by atoms with E-state index in [2.05, 4.69) is 25.1 Å². The predicted octanol–water partition coefficient (Wildman–Crippen LogP) is 6.35. The Morgan fingerprint density at radius 2 is 1.27 bits per heavy atom. The molecule has 4 rings (SSSR count). The van der Waals surface area contributed by atoms with Gasteiger partial charge < -0.3 is 0 Å². The molecule has 1 aliphatic rings. The molecule has 3 aromatic carbocycles. The number of carbonyl (C=O) groups excluding carboxylic acids is 1. The van der Waals surface area contributed by atoms with Gasteiger partial charge in [0.15, 0.2) is 15.6 Å². The second kappa shape index (κ2) is 7.59. The number of rotatable bonds is 4. The molecule has 0 spiro atoms. The van der Waals surface area contributed by atoms with Gasteiger partial charge in [-0.15, -0.1) is 0 Å². The molecule has 1 heterocycles. The summed E-state index contributed by atoms with van der Waals surface area (Å²) in [5.41, 5.74) is 2.59.